The maximum atomic E-state index is 12.4. The van der Waals surface area contributed by atoms with Gasteiger partial charge in [-0.25, -0.2) is 0 Å². The van der Waals surface area contributed by atoms with E-state index in [0.717, 1.165) is 0 Å². The Bertz CT molecular complexity index is 630. The van der Waals surface area contributed by atoms with E-state index in [1.165, 1.54) is 6.92 Å². The zero-order valence-corrected chi connectivity index (χ0v) is 14.0. The van der Waals surface area contributed by atoms with Gasteiger partial charge in [0.05, 0.1) is 13.2 Å². The Hall–Kier alpha value is -2.15. The highest BCUT2D eigenvalue weighted by Crippen LogP contribution is 2.18. The molecule has 1 aliphatic rings. The maximum absolute atomic E-state index is 12.4. The molecular weight excluding hydrogens is 298 g/mol. The number of hydrogen-bond acceptors (Lipinski definition) is 4. The number of ketones is 1. The molecule has 23 heavy (non-hydrogen) atoms. The number of amides is 2. The van der Waals surface area contributed by atoms with Gasteiger partial charge in [0.1, 0.15) is 11.7 Å². The zero-order chi connectivity index (χ0) is 17.1. The first-order valence-electron chi connectivity index (χ1n) is 7.70. The minimum Gasteiger partial charge on any atom is -0.378 e. The molecule has 0 saturated carbocycles. The van der Waals surface area contributed by atoms with Crippen LogP contribution in [-0.2, 0) is 9.53 Å². The fourth-order valence-corrected chi connectivity index (χ4v) is 2.89. The van der Waals surface area contributed by atoms with Gasteiger partial charge in [0, 0.05) is 24.3 Å². The molecule has 126 valence electrons. The van der Waals surface area contributed by atoms with Gasteiger partial charge in [-0.05, 0) is 33.3 Å². The average Bonchev–Trinajstić information content (AvgIpc) is 2.82. The van der Waals surface area contributed by atoms with Gasteiger partial charge < -0.3 is 19.9 Å². The number of carbonyl (C=O) groups excluding carboxylic acids is 3. The molecule has 0 radical (unpaired) electrons. The Morgan fingerprint density at radius 3 is 2.35 bits per heavy atom. The first-order chi connectivity index (χ1) is 10.8. The number of aromatic nitrogens is 1. The third-order valence-electron chi connectivity index (χ3n) is 4.06. The summed E-state index contributed by atoms with van der Waals surface area (Å²) in [5, 5.41) is 2.70. The first-order valence-corrected chi connectivity index (χ1v) is 7.70. The smallest absolute Gasteiger partial charge is 0.268 e. The zero-order valence-electron chi connectivity index (χ0n) is 14.0. The summed E-state index contributed by atoms with van der Waals surface area (Å²) in [4.78, 5) is 41.0. The summed E-state index contributed by atoms with van der Waals surface area (Å²) in [7, 11) is 0. The highest BCUT2D eigenvalue weighted by Gasteiger charge is 2.26. The third-order valence-corrected chi connectivity index (χ3v) is 4.06. The SMILES string of the molecule is CC(=O)c1c(C)[nH]c(C(=O)NC(C)C(=O)N2CCOCC2)c1C. The van der Waals surface area contributed by atoms with Crippen molar-refractivity contribution in [3.63, 3.8) is 0 Å². The summed E-state index contributed by atoms with van der Waals surface area (Å²) >= 11 is 0. The van der Waals surface area contributed by atoms with Crippen molar-refractivity contribution >= 4 is 17.6 Å². The summed E-state index contributed by atoms with van der Waals surface area (Å²) < 4.78 is 5.22. The van der Waals surface area contributed by atoms with E-state index in [1.54, 1.807) is 25.7 Å². The maximum Gasteiger partial charge on any atom is 0.268 e. The van der Waals surface area contributed by atoms with Crippen LogP contribution in [-0.4, -0.2) is 59.8 Å². The number of nitrogens with zero attached hydrogens (tertiary/aromatic N) is 1. The summed E-state index contributed by atoms with van der Waals surface area (Å²) in [5.41, 5.74) is 2.13. The van der Waals surface area contributed by atoms with Gasteiger partial charge in [-0.2, -0.15) is 0 Å². The minimum absolute atomic E-state index is 0.0901. The molecule has 2 heterocycles. The van der Waals surface area contributed by atoms with Crippen LogP contribution in [0.25, 0.3) is 0 Å². The molecule has 1 aliphatic heterocycles. The fourth-order valence-electron chi connectivity index (χ4n) is 2.89. The van der Waals surface area contributed by atoms with Gasteiger partial charge >= 0.3 is 0 Å². The largest absolute Gasteiger partial charge is 0.378 e. The number of H-pyrrole nitrogens is 1. The van der Waals surface area contributed by atoms with Crippen LogP contribution in [0.15, 0.2) is 0 Å². The molecule has 2 N–H and O–H groups in total. The lowest BCUT2D eigenvalue weighted by Crippen LogP contribution is -2.50. The van der Waals surface area contributed by atoms with Crippen LogP contribution in [0.4, 0.5) is 0 Å². The van der Waals surface area contributed by atoms with E-state index >= 15 is 0 Å². The molecule has 0 aromatic carbocycles. The molecule has 1 unspecified atom stereocenters. The molecule has 2 rings (SSSR count). The summed E-state index contributed by atoms with van der Waals surface area (Å²) in [6.45, 7) is 8.71. The monoisotopic (exact) mass is 321 g/mol. The predicted molar refractivity (Wildman–Crippen MR) is 84.6 cm³/mol. The number of morpholine rings is 1. The summed E-state index contributed by atoms with van der Waals surface area (Å²) in [5.74, 6) is -0.602. The van der Waals surface area contributed by atoms with Crippen molar-refractivity contribution in [3.8, 4) is 0 Å². The number of hydrogen-bond donors (Lipinski definition) is 2. The van der Waals surface area contributed by atoms with E-state index in [9.17, 15) is 14.4 Å². The number of aromatic amines is 1. The van der Waals surface area contributed by atoms with Crippen LogP contribution in [0.1, 0.15) is 46.0 Å². The minimum atomic E-state index is -0.635. The fraction of sp³-hybridized carbons (Fsp3) is 0.562. The molecule has 1 atom stereocenters. The van der Waals surface area contributed by atoms with Crippen LogP contribution >= 0.6 is 0 Å². The van der Waals surface area contributed by atoms with E-state index in [1.807, 2.05) is 0 Å². The van der Waals surface area contributed by atoms with Gasteiger partial charge in [0.2, 0.25) is 5.91 Å². The molecule has 0 spiro atoms. The van der Waals surface area contributed by atoms with Gasteiger partial charge in [-0.3, -0.25) is 14.4 Å². The van der Waals surface area contributed by atoms with Crippen LogP contribution in [0.2, 0.25) is 0 Å². The first kappa shape index (κ1) is 17.2. The highest BCUT2D eigenvalue weighted by atomic mass is 16.5. The second-order valence-electron chi connectivity index (χ2n) is 5.81. The normalized spacial score (nSPS) is 16.1. The second kappa shape index (κ2) is 6.95. The van der Waals surface area contributed by atoms with Crippen molar-refractivity contribution in [2.45, 2.75) is 33.7 Å². The molecule has 7 nitrogen and oxygen atoms in total. The predicted octanol–water partition coefficient (Wildman–Crippen LogP) is 0.811. The molecule has 1 aromatic rings. The van der Waals surface area contributed by atoms with E-state index in [4.69, 9.17) is 4.74 Å². The lowest BCUT2D eigenvalue weighted by molar-refractivity contribution is -0.136. The number of carbonyl (C=O) groups is 3. The lowest BCUT2D eigenvalue weighted by atomic mass is 10.1. The number of rotatable bonds is 4. The van der Waals surface area contributed by atoms with E-state index < -0.39 is 6.04 Å². The van der Waals surface area contributed by atoms with Crippen molar-refractivity contribution in [2.24, 2.45) is 0 Å². The molecule has 0 bridgehead atoms. The van der Waals surface area contributed by atoms with Crippen LogP contribution in [0, 0.1) is 13.8 Å². The molecule has 1 aromatic heterocycles. The van der Waals surface area contributed by atoms with Gasteiger partial charge in [0.25, 0.3) is 5.91 Å². The quantitative estimate of drug-likeness (QED) is 0.803. The van der Waals surface area contributed by atoms with Crippen LogP contribution in [0.3, 0.4) is 0 Å². The van der Waals surface area contributed by atoms with Crippen molar-refractivity contribution in [3.05, 3.63) is 22.5 Å². The van der Waals surface area contributed by atoms with Crippen LogP contribution < -0.4 is 5.32 Å². The van der Waals surface area contributed by atoms with Crippen molar-refractivity contribution in [1.82, 2.24) is 15.2 Å². The Balaban J connectivity index is 2.08. The Morgan fingerprint density at radius 2 is 1.83 bits per heavy atom. The van der Waals surface area contributed by atoms with Crippen molar-refractivity contribution < 1.29 is 19.1 Å². The molecule has 1 fully saturated rings. The van der Waals surface area contributed by atoms with Crippen LogP contribution in [0.5, 0.6) is 0 Å². The summed E-state index contributed by atoms with van der Waals surface area (Å²) in [6.07, 6.45) is 0. The van der Waals surface area contributed by atoms with Gasteiger partial charge in [-0.15, -0.1) is 0 Å². The standard InChI is InChI=1S/C16H23N3O4/c1-9-13(12(4)20)10(2)17-14(9)15(21)18-11(3)16(22)19-5-7-23-8-6-19/h11,17H,5-8H2,1-4H3,(H,18,21). The number of Topliss-reactive ketones (excluding diaryl/α,β-unsaturated/α-hetero) is 1. The number of nitrogens with one attached hydrogen (secondary N) is 2. The molecule has 2 amide bonds. The lowest BCUT2D eigenvalue weighted by Gasteiger charge is -2.29. The second-order valence-corrected chi connectivity index (χ2v) is 5.81. The molecular formula is C16H23N3O4. The number of aryl methyl sites for hydroxylation is 1. The van der Waals surface area contributed by atoms with Crippen molar-refractivity contribution in [1.29, 1.82) is 0 Å². The summed E-state index contributed by atoms with van der Waals surface area (Å²) in [6, 6.07) is -0.635. The van der Waals surface area contributed by atoms with Gasteiger partial charge in [-0.1, -0.05) is 0 Å². The van der Waals surface area contributed by atoms with E-state index in [-0.39, 0.29) is 17.6 Å². The molecule has 0 aliphatic carbocycles. The molecule has 7 heteroatoms. The Morgan fingerprint density at radius 1 is 1.22 bits per heavy atom. The van der Waals surface area contributed by atoms with E-state index in [0.29, 0.717) is 48.8 Å². The Kier molecular flexibility index (Phi) is 5.20. The average molecular weight is 321 g/mol. The van der Waals surface area contributed by atoms with Gasteiger partial charge in [0.15, 0.2) is 5.78 Å². The van der Waals surface area contributed by atoms with E-state index in [2.05, 4.69) is 10.3 Å². The topological polar surface area (TPSA) is 91.5 Å². The highest BCUT2D eigenvalue weighted by molar-refractivity contribution is 6.03. The number of ether oxygens (including phenoxy) is 1. The Labute approximate surface area is 135 Å². The van der Waals surface area contributed by atoms with Crippen molar-refractivity contribution in [2.75, 3.05) is 26.3 Å². The molecule has 1 saturated heterocycles. The third kappa shape index (κ3) is 3.61.